The van der Waals surface area contributed by atoms with Gasteiger partial charge in [-0.2, -0.15) is 10.2 Å². The van der Waals surface area contributed by atoms with E-state index in [2.05, 4.69) is 15.5 Å². The lowest BCUT2D eigenvalue weighted by Gasteiger charge is -2.08. The van der Waals surface area contributed by atoms with Crippen molar-refractivity contribution in [3.8, 4) is 5.69 Å². The lowest BCUT2D eigenvalue weighted by atomic mass is 10.2. The van der Waals surface area contributed by atoms with Crippen LogP contribution >= 0.6 is 11.3 Å². The molecule has 2 aromatic carbocycles. The van der Waals surface area contributed by atoms with Gasteiger partial charge in [-0.25, -0.2) is 9.36 Å². The zero-order valence-electron chi connectivity index (χ0n) is 16.3. The van der Waals surface area contributed by atoms with E-state index in [0.717, 1.165) is 27.2 Å². The van der Waals surface area contributed by atoms with Crippen LogP contribution in [-0.2, 0) is 6.54 Å². The summed E-state index contributed by atoms with van der Waals surface area (Å²) < 4.78 is 3.68. The van der Waals surface area contributed by atoms with Crippen molar-refractivity contribution in [3.63, 3.8) is 0 Å². The highest BCUT2D eigenvalue weighted by Gasteiger charge is 2.18. The van der Waals surface area contributed by atoms with Crippen molar-refractivity contribution in [1.82, 2.24) is 19.6 Å². The minimum Gasteiger partial charge on any atom is -0.306 e. The molecule has 0 bridgehead atoms. The van der Waals surface area contributed by atoms with Crippen LogP contribution in [0.15, 0.2) is 79.0 Å². The third kappa shape index (κ3) is 3.40. The Labute approximate surface area is 177 Å². The van der Waals surface area contributed by atoms with Crippen LogP contribution in [0.4, 0.5) is 5.82 Å². The summed E-state index contributed by atoms with van der Waals surface area (Å²) in [7, 11) is 0. The number of aryl methyl sites for hydroxylation is 1. The summed E-state index contributed by atoms with van der Waals surface area (Å²) in [6, 6.07) is 23.7. The number of rotatable bonds is 5. The molecule has 0 aliphatic rings. The Morgan fingerprint density at radius 3 is 2.53 bits per heavy atom. The van der Waals surface area contributed by atoms with Crippen LogP contribution < -0.4 is 5.32 Å². The largest absolute Gasteiger partial charge is 0.306 e. The van der Waals surface area contributed by atoms with Crippen molar-refractivity contribution in [2.75, 3.05) is 5.32 Å². The van der Waals surface area contributed by atoms with Crippen LogP contribution in [-0.4, -0.2) is 25.5 Å². The molecule has 3 heterocycles. The number of amides is 1. The fraction of sp³-hybridized carbons (Fsp3) is 0.0870. The Hall–Kier alpha value is -3.71. The van der Waals surface area contributed by atoms with E-state index in [9.17, 15) is 4.79 Å². The number of thiophene rings is 1. The SMILES string of the molecule is Cc1nn(-c2ccccc2)c2sc(C(=O)Nc3ccnn3Cc3ccccc3)cc12. The molecular formula is C23H19N5OS. The molecule has 0 spiro atoms. The van der Waals surface area contributed by atoms with Crippen molar-refractivity contribution in [1.29, 1.82) is 0 Å². The molecule has 0 atom stereocenters. The molecule has 7 heteroatoms. The quantitative estimate of drug-likeness (QED) is 0.446. The highest BCUT2D eigenvalue weighted by atomic mass is 32.1. The van der Waals surface area contributed by atoms with E-state index in [0.29, 0.717) is 17.2 Å². The van der Waals surface area contributed by atoms with Crippen LogP contribution in [0.3, 0.4) is 0 Å². The number of anilines is 1. The lowest BCUT2D eigenvalue weighted by Crippen LogP contribution is -2.15. The molecule has 0 saturated carbocycles. The molecule has 0 aliphatic carbocycles. The zero-order valence-corrected chi connectivity index (χ0v) is 17.1. The standard InChI is InChI=1S/C23H19N5OS/c1-16-19-14-20(30-23(19)28(26-16)18-10-6-3-7-11-18)22(29)25-21-12-13-24-27(21)15-17-8-4-2-5-9-17/h2-14H,15H2,1H3,(H,25,29). The average Bonchev–Trinajstić information content (AvgIpc) is 3.47. The molecule has 148 valence electrons. The Bertz CT molecular complexity index is 1320. The smallest absolute Gasteiger partial charge is 0.266 e. The Morgan fingerprint density at radius 2 is 1.77 bits per heavy atom. The summed E-state index contributed by atoms with van der Waals surface area (Å²) in [6.45, 7) is 2.56. The normalized spacial score (nSPS) is 11.1. The summed E-state index contributed by atoms with van der Waals surface area (Å²) in [5.74, 6) is 0.521. The number of carbonyl (C=O) groups is 1. The van der Waals surface area contributed by atoms with Gasteiger partial charge in [0.05, 0.1) is 29.0 Å². The van der Waals surface area contributed by atoms with Gasteiger partial charge >= 0.3 is 0 Å². The Kier molecular flexibility index (Phi) is 4.65. The van der Waals surface area contributed by atoms with Crippen molar-refractivity contribution in [2.45, 2.75) is 13.5 Å². The Balaban J connectivity index is 1.42. The number of fused-ring (bicyclic) bond motifs is 1. The monoisotopic (exact) mass is 413 g/mol. The first-order valence-corrected chi connectivity index (χ1v) is 10.4. The molecule has 1 amide bonds. The van der Waals surface area contributed by atoms with E-state index < -0.39 is 0 Å². The van der Waals surface area contributed by atoms with E-state index in [1.807, 2.05) is 84.4 Å². The first-order chi connectivity index (χ1) is 14.7. The highest BCUT2D eigenvalue weighted by Crippen LogP contribution is 2.30. The van der Waals surface area contributed by atoms with Gasteiger partial charge in [0.25, 0.3) is 5.91 Å². The molecule has 5 rings (SSSR count). The second-order valence-electron chi connectivity index (χ2n) is 6.98. The van der Waals surface area contributed by atoms with Gasteiger partial charge in [0.15, 0.2) is 0 Å². The fourth-order valence-electron chi connectivity index (χ4n) is 3.40. The maximum absolute atomic E-state index is 13.0. The molecule has 30 heavy (non-hydrogen) atoms. The van der Waals surface area contributed by atoms with Gasteiger partial charge in [0.2, 0.25) is 0 Å². The number of aromatic nitrogens is 4. The summed E-state index contributed by atoms with van der Waals surface area (Å²) in [4.78, 5) is 14.6. The van der Waals surface area contributed by atoms with Gasteiger partial charge in [0.1, 0.15) is 10.6 Å². The second-order valence-corrected chi connectivity index (χ2v) is 8.01. The van der Waals surface area contributed by atoms with Crippen molar-refractivity contribution in [2.24, 2.45) is 0 Å². The van der Waals surface area contributed by atoms with E-state index in [4.69, 9.17) is 0 Å². The van der Waals surface area contributed by atoms with Crippen LogP contribution in [0.5, 0.6) is 0 Å². The summed E-state index contributed by atoms with van der Waals surface area (Å²) >= 11 is 1.44. The van der Waals surface area contributed by atoms with Gasteiger partial charge in [-0.1, -0.05) is 48.5 Å². The topological polar surface area (TPSA) is 64.7 Å². The number of hydrogen-bond donors (Lipinski definition) is 1. The number of para-hydroxylation sites is 1. The van der Waals surface area contributed by atoms with Crippen molar-refractivity contribution in [3.05, 3.63) is 95.1 Å². The van der Waals surface area contributed by atoms with Gasteiger partial charge in [-0.15, -0.1) is 11.3 Å². The molecule has 0 aliphatic heterocycles. The van der Waals surface area contributed by atoms with Crippen LogP contribution in [0.2, 0.25) is 0 Å². The van der Waals surface area contributed by atoms with E-state index in [1.165, 1.54) is 11.3 Å². The minimum atomic E-state index is -0.148. The van der Waals surface area contributed by atoms with Crippen molar-refractivity contribution < 1.29 is 4.79 Å². The minimum absolute atomic E-state index is 0.148. The maximum atomic E-state index is 13.0. The van der Waals surface area contributed by atoms with Crippen LogP contribution in [0.25, 0.3) is 15.9 Å². The second kappa shape index (κ2) is 7.61. The number of benzene rings is 2. The highest BCUT2D eigenvalue weighted by molar-refractivity contribution is 7.20. The number of nitrogens with one attached hydrogen (secondary N) is 1. The van der Waals surface area contributed by atoms with Gasteiger partial charge in [-0.3, -0.25) is 4.79 Å². The molecule has 5 aromatic rings. The van der Waals surface area contributed by atoms with Gasteiger partial charge in [0, 0.05) is 11.5 Å². The molecular weight excluding hydrogens is 394 g/mol. The Morgan fingerprint density at radius 1 is 1.03 bits per heavy atom. The van der Waals surface area contributed by atoms with Crippen LogP contribution in [0.1, 0.15) is 20.9 Å². The molecule has 0 fully saturated rings. The maximum Gasteiger partial charge on any atom is 0.266 e. The molecule has 3 aromatic heterocycles. The summed E-state index contributed by atoms with van der Waals surface area (Å²) in [6.07, 6.45) is 1.70. The summed E-state index contributed by atoms with van der Waals surface area (Å²) in [5.41, 5.74) is 3.00. The number of hydrogen-bond acceptors (Lipinski definition) is 4. The molecule has 0 saturated heterocycles. The van der Waals surface area contributed by atoms with E-state index in [-0.39, 0.29) is 5.91 Å². The first-order valence-electron chi connectivity index (χ1n) is 9.61. The number of nitrogens with zero attached hydrogens (tertiary/aromatic N) is 4. The fourth-order valence-corrected chi connectivity index (χ4v) is 4.48. The zero-order chi connectivity index (χ0) is 20.5. The van der Waals surface area contributed by atoms with E-state index in [1.54, 1.807) is 10.9 Å². The predicted molar refractivity (Wildman–Crippen MR) is 119 cm³/mol. The molecule has 6 nitrogen and oxygen atoms in total. The predicted octanol–water partition coefficient (Wildman–Crippen LogP) is 4.89. The van der Waals surface area contributed by atoms with Crippen LogP contribution in [0, 0.1) is 6.92 Å². The van der Waals surface area contributed by atoms with E-state index >= 15 is 0 Å². The average molecular weight is 414 g/mol. The molecule has 0 unspecified atom stereocenters. The van der Waals surface area contributed by atoms with Crippen molar-refractivity contribution >= 4 is 33.3 Å². The molecule has 1 N–H and O–H groups in total. The summed E-state index contributed by atoms with van der Waals surface area (Å²) in [5, 5.41) is 13.0. The number of carbonyl (C=O) groups excluding carboxylic acids is 1. The third-order valence-electron chi connectivity index (χ3n) is 4.90. The molecule has 0 radical (unpaired) electrons. The third-order valence-corrected chi connectivity index (χ3v) is 6.01. The van der Waals surface area contributed by atoms with Gasteiger partial charge in [-0.05, 0) is 30.7 Å². The lowest BCUT2D eigenvalue weighted by molar-refractivity contribution is 0.102. The first kappa shape index (κ1) is 18.3. The van der Waals surface area contributed by atoms with Gasteiger partial charge < -0.3 is 5.32 Å².